The van der Waals surface area contributed by atoms with Gasteiger partial charge in [-0.2, -0.15) is 0 Å². The van der Waals surface area contributed by atoms with Gasteiger partial charge in [0.15, 0.2) is 0 Å². The van der Waals surface area contributed by atoms with Crippen LogP contribution in [0.25, 0.3) is 0 Å². The van der Waals surface area contributed by atoms with Gasteiger partial charge in [-0.25, -0.2) is 4.79 Å². The number of rotatable bonds is 4. The molecule has 0 spiro atoms. The third-order valence-electron chi connectivity index (χ3n) is 2.92. The molecule has 1 N–H and O–H groups in total. The maximum atomic E-state index is 12.1. The summed E-state index contributed by atoms with van der Waals surface area (Å²) in [5.41, 5.74) is 1.000. The summed E-state index contributed by atoms with van der Waals surface area (Å²) in [6.07, 6.45) is 0. The molecule has 0 aromatic heterocycles. The predicted molar refractivity (Wildman–Crippen MR) is 77.3 cm³/mol. The highest BCUT2D eigenvalue weighted by Crippen LogP contribution is 2.24. The Kier molecular flexibility index (Phi) is 4.71. The van der Waals surface area contributed by atoms with Crippen LogP contribution in [-0.2, 0) is 10.5 Å². The Morgan fingerprint density at radius 2 is 2.26 bits per heavy atom. The molecule has 1 aliphatic heterocycles. The molecule has 1 atom stereocenters. The maximum Gasteiger partial charge on any atom is 0.324 e. The van der Waals surface area contributed by atoms with Gasteiger partial charge in [-0.15, -0.1) is 11.8 Å². The topological polar surface area (TPSA) is 49.4 Å². The fourth-order valence-corrected chi connectivity index (χ4v) is 3.04. The SMILES string of the molecule is C[C@H](SCc1ccccc1Cl)C(=O)N1CCNC1=O. The molecule has 6 heteroatoms. The van der Waals surface area contributed by atoms with Crippen LogP contribution in [0, 0.1) is 0 Å². The number of urea groups is 1. The van der Waals surface area contributed by atoms with E-state index in [0.29, 0.717) is 23.9 Å². The van der Waals surface area contributed by atoms with Crippen LogP contribution < -0.4 is 5.32 Å². The second-order valence-corrected chi connectivity index (χ2v) is 6.00. The van der Waals surface area contributed by atoms with E-state index in [1.165, 1.54) is 16.7 Å². The Morgan fingerprint density at radius 1 is 1.53 bits per heavy atom. The molecule has 1 aromatic rings. The molecule has 1 fully saturated rings. The first-order chi connectivity index (χ1) is 9.09. The number of nitrogens with zero attached hydrogens (tertiary/aromatic N) is 1. The third kappa shape index (κ3) is 3.42. The third-order valence-corrected chi connectivity index (χ3v) is 4.47. The van der Waals surface area contributed by atoms with Gasteiger partial charge in [0.2, 0.25) is 5.91 Å². The number of carbonyl (C=O) groups is 2. The second-order valence-electron chi connectivity index (χ2n) is 4.27. The monoisotopic (exact) mass is 298 g/mol. The van der Waals surface area contributed by atoms with Gasteiger partial charge in [0.05, 0.1) is 5.25 Å². The number of carbonyl (C=O) groups excluding carboxylic acids is 2. The molecule has 1 aliphatic rings. The van der Waals surface area contributed by atoms with E-state index in [0.717, 1.165) is 5.56 Å². The number of halogens is 1. The summed E-state index contributed by atoms with van der Waals surface area (Å²) in [5.74, 6) is 0.509. The molecule has 1 heterocycles. The van der Waals surface area contributed by atoms with E-state index in [2.05, 4.69) is 5.32 Å². The minimum atomic E-state index is -0.296. The minimum Gasteiger partial charge on any atom is -0.336 e. The van der Waals surface area contributed by atoms with Crippen molar-refractivity contribution in [1.29, 1.82) is 0 Å². The highest BCUT2D eigenvalue weighted by atomic mass is 35.5. The molecular weight excluding hydrogens is 284 g/mol. The van der Waals surface area contributed by atoms with Crippen LogP contribution in [0.5, 0.6) is 0 Å². The molecule has 1 saturated heterocycles. The normalized spacial score (nSPS) is 16.3. The van der Waals surface area contributed by atoms with Crippen molar-refractivity contribution >= 4 is 35.3 Å². The summed E-state index contributed by atoms with van der Waals surface area (Å²) < 4.78 is 0. The van der Waals surface area contributed by atoms with Gasteiger partial charge in [0.25, 0.3) is 0 Å². The quantitative estimate of drug-likeness (QED) is 0.929. The van der Waals surface area contributed by atoms with E-state index in [4.69, 9.17) is 11.6 Å². The van der Waals surface area contributed by atoms with Gasteiger partial charge >= 0.3 is 6.03 Å². The smallest absolute Gasteiger partial charge is 0.324 e. The Balaban J connectivity index is 1.91. The number of imide groups is 1. The molecule has 0 bridgehead atoms. The van der Waals surface area contributed by atoms with Crippen molar-refractivity contribution in [3.05, 3.63) is 34.9 Å². The van der Waals surface area contributed by atoms with Crippen molar-refractivity contribution in [2.24, 2.45) is 0 Å². The summed E-state index contributed by atoms with van der Waals surface area (Å²) in [5, 5.41) is 3.06. The summed E-state index contributed by atoms with van der Waals surface area (Å²) in [6, 6.07) is 7.27. The van der Waals surface area contributed by atoms with Gasteiger partial charge in [-0.05, 0) is 18.6 Å². The van der Waals surface area contributed by atoms with E-state index in [9.17, 15) is 9.59 Å². The zero-order chi connectivity index (χ0) is 13.8. The fourth-order valence-electron chi connectivity index (χ4n) is 1.80. The van der Waals surface area contributed by atoms with Crippen LogP contribution in [-0.4, -0.2) is 35.2 Å². The lowest BCUT2D eigenvalue weighted by atomic mass is 10.2. The lowest BCUT2D eigenvalue weighted by molar-refractivity contribution is -0.126. The molecule has 4 nitrogen and oxygen atoms in total. The first kappa shape index (κ1) is 14.2. The molecule has 19 heavy (non-hydrogen) atoms. The molecule has 102 valence electrons. The van der Waals surface area contributed by atoms with E-state index < -0.39 is 0 Å². The van der Waals surface area contributed by atoms with Crippen molar-refractivity contribution in [1.82, 2.24) is 10.2 Å². The maximum absolute atomic E-state index is 12.1. The predicted octanol–water partition coefficient (Wildman–Crippen LogP) is 2.51. The number of nitrogens with one attached hydrogen (secondary N) is 1. The summed E-state index contributed by atoms with van der Waals surface area (Å²) in [4.78, 5) is 24.8. The highest BCUT2D eigenvalue weighted by Gasteiger charge is 2.29. The first-order valence-electron chi connectivity index (χ1n) is 6.04. The Morgan fingerprint density at radius 3 is 2.89 bits per heavy atom. The number of hydrogen-bond donors (Lipinski definition) is 1. The van der Waals surface area contributed by atoms with Crippen molar-refractivity contribution < 1.29 is 9.59 Å². The van der Waals surface area contributed by atoms with Crippen molar-refractivity contribution in [2.75, 3.05) is 13.1 Å². The van der Waals surface area contributed by atoms with Crippen molar-refractivity contribution in [2.45, 2.75) is 17.9 Å². The lowest BCUT2D eigenvalue weighted by Gasteiger charge is -2.17. The van der Waals surface area contributed by atoms with Crippen LogP contribution in [0.3, 0.4) is 0 Å². The molecule has 0 aliphatic carbocycles. The van der Waals surface area contributed by atoms with Gasteiger partial charge in [-0.1, -0.05) is 29.8 Å². The van der Waals surface area contributed by atoms with E-state index in [-0.39, 0.29) is 17.2 Å². The molecule has 3 amide bonds. The Bertz CT molecular complexity index is 495. The van der Waals surface area contributed by atoms with Gasteiger partial charge in [0, 0.05) is 23.9 Å². The van der Waals surface area contributed by atoms with Crippen molar-refractivity contribution in [3.63, 3.8) is 0 Å². The summed E-state index contributed by atoms with van der Waals surface area (Å²) in [7, 11) is 0. The van der Waals surface area contributed by atoms with Crippen LogP contribution >= 0.6 is 23.4 Å². The van der Waals surface area contributed by atoms with Crippen LogP contribution in [0.15, 0.2) is 24.3 Å². The zero-order valence-corrected chi connectivity index (χ0v) is 12.1. The second kappa shape index (κ2) is 6.30. The van der Waals surface area contributed by atoms with Crippen LogP contribution in [0.2, 0.25) is 5.02 Å². The van der Waals surface area contributed by atoms with Gasteiger partial charge < -0.3 is 5.32 Å². The molecular formula is C13H15ClN2O2S. The standard InChI is InChI=1S/C13H15ClN2O2S/c1-9(12(17)16-7-6-15-13(16)18)19-8-10-4-2-3-5-11(10)14/h2-5,9H,6-8H2,1H3,(H,15,18)/t9-/m0/s1. The largest absolute Gasteiger partial charge is 0.336 e. The van der Waals surface area contributed by atoms with E-state index in [1.54, 1.807) is 0 Å². The first-order valence-corrected chi connectivity index (χ1v) is 7.46. The average molecular weight is 299 g/mol. The Hall–Kier alpha value is -1.20. The lowest BCUT2D eigenvalue weighted by Crippen LogP contribution is -2.39. The fraction of sp³-hybridized carbons (Fsp3) is 0.385. The zero-order valence-electron chi connectivity index (χ0n) is 10.6. The van der Waals surface area contributed by atoms with Gasteiger partial charge in [-0.3, -0.25) is 9.69 Å². The summed E-state index contributed by atoms with van der Waals surface area (Å²) in [6.45, 7) is 2.80. The highest BCUT2D eigenvalue weighted by molar-refractivity contribution is 7.99. The molecule has 1 aromatic carbocycles. The number of benzene rings is 1. The Labute approximate surface area is 121 Å². The molecule has 0 saturated carbocycles. The molecule has 2 rings (SSSR count). The number of thioether (sulfide) groups is 1. The minimum absolute atomic E-state index is 0.146. The summed E-state index contributed by atoms with van der Waals surface area (Å²) >= 11 is 7.55. The van der Waals surface area contributed by atoms with Crippen LogP contribution in [0.1, 0.15) is 12.5 Å². The molecule has 0 unspecified atom stereocenters. The van der Waals surface area contributed by atoms with E-state index in [1.807, 2.05) is 31.2 Å². The number of hydrogen-bond acceptors (Lipinski definition) is 3. The van der Waals surface area contributed by atoms with E-state index >= 15 is 0 Å². The number of amides is 3. The van der Waals surface area contributed by atoms with Gasteiger partial charge in [0.1, 0.15) is 0 Å². The molecule has 0 radical (unpaired) electrons. The van der Waals surface area contributed by atoms with Crippen molar-refractivity contribution in [3.8, 4) is 0 Å². The van der Waals surface area contributed by atoms with Crippen LogP contribution in [0.4, 0.5) is 4.79 Å². The average Bonchev–Trinajstić information content (AvgIpc) is 2.83.